The Hall–Kier alpha value is -1.26. The van der Waals surface area contributed by atoms with Crippen molar-refractivity contribution < 1.29 is 66.4 Å². The number of rotatable bonds is 44. The van der Waals surface area contributed by atoms with E-state index in [0.717, 1.165) is 18.6 Å². The Morgan fingerprint density at radius 3 is 1.07 bits per heavy atom. The van der Waals surface area contributed by atoms with E-state index in [9.17, 15) is 4.79 Å². The molecule has 1 aromatic carbocycles. The van der Waals surface area contributed by atoms with Crippen LogP contribution in [-0.2, 0) is 68.2 Å². The molecule has 0 saturated heterocycles. The maximum Gasteiger partial charge on any atom is 0.407 e. The highest BCUT2D eigenvalue weighted by Gasteiger charge is 2.02. The average Bonchev–Trinajstić information content (AvgIpc) is 3.19. The maximum absolute atomic E-state index is 11.7. The van der Waals surface area contributed by atoms with E-state index in [4.69, 9.17) is 61.6 Å². The number of unbranched alkanes of at least 4 members (excludes halogenated alkanes) is 3. The molecule has 54 heavy (non-hydrogen) atoms. The molecule has 316 valence electrons. The molecule has 0 unspecified atom stereocenters. The van der Waals surface area contributed by atoms with Crippen LogP contribution in [0.3, 0.4) is 0 Å². The highest BCUT2D eigenvalue weighted by Crippen LogP contribution is 2.02. The van der Waals surface area contributed by atoms with Gasteiger partial charge in [0.05, 0.1) is 152 Å². The first-order chi connectivity index (χ1) is 26.8. The molecule has 0 bridgehead atoms. The van der Waals surface area contributed by atoms with Crippen LogP contribution in [0.25, 0.3) is 0 Å². The van der Waals surface area contributed by atoms with E-state index < -0.39 is 6.09 Å². The van der Waals surface area contributed by atoms with Crippen molar-refractivity contribution in [2.24, 2.45) is 0 Å². The minimum atomic E-state index is -0.469. The average molecular weight is 890 g/mol. The fraction of sp³-hybridized carbons (Fsp3) is 0.816. The quantitative estimate of drug-likeness (QED) is 0.0570. The van der Waals surface area contributed by atoms with Crippen molar-refractivity contribution in [2.45, 2.75) is 32.3 Å². The summed E-state index contributed by atoms with van der Waals surface area (Å²) in [7, 11) is 0. The second-order valence-electron chi connectivity index (χ2n) is 11.4. The molecule has 0 radical (unpaired) electrons. The molecule has 1 rings (SSSR count). The molecule has 0 heterocycles. The molecule has 0 spiro atoms. The zero-order valence-electron chi connectivity index (χ0n) is 32.4. The van der Waals surface area contributed by atoms with Gasteiger partial charge in [-0.25, -0.2) is 4.79 Å². The highest BCUT2D eigenvalue weighted by atomic mass is 127. The lowest BCUT2D eigenvalue weighted by molar-refractivity contribution is -0.0283. The Morgan fingerprint density at radius 1 is 0.407 bits per heavy atom. The van der Waals surface area contributed by atoms with Crippen LogP contribution < -0.4 is 5.32 Å². The number of benzene rings is 1. The molecular weight excluding hydrogens is 821 g/mol. The van der Waals surface area contributed by atoms with Gasteiger partial charge in [-0.3, -0.25) is 0 Å². The number of alkyl halides is 1. The number of amides is 1. The van der Waals surface area contributed by atoms with Gasteiger partial charge in [-0.05, 0) is 22.8 Å². The van der Waals surface area contributed by atoms with Crippen molar-refractivity contribution in [1.29, 1.82) is 0 Å². The van der Waals surface area contributed by atoms with Crippen molar-refractivity contribution in [1.82, 2.24) is 5.32 Å². The third kappa shape index (κ3) is 40.4. The summed E-state index contributed by atoms with van der Waals surface area (Å²) in [5.41, 5.74) is 0.938. The van der Waals surface area contributed by atoms with Crippen LogP contribution >= 0.6 is 22.6 Å². The lowest BCUT2D eigenvalue weighted by Crippen LogP contribution is -2.28. The van der Waals surface area contributed by atoms with Crippen LogP contribution in [0.5, 0.6) is 0 Å². The summed E-state index contributed by atoms with van der Waals surface area (Å²) in [4.78, 5) is 11.7. The van der Waals surface area contributed by atoms with Crippen molar-refractivity contribution >= 4 is 28.7 Å². The SMILES string of the molecule is O=C(NCCOCCOCCOCCOCCOCCOCCOCCOCCOCCOCCOCCOCCCCCCI)OCc1ccccc1. The summed E-state index contributed by atoms with van der Waals surface area (Å²) in [5, 5.41) is 2.65. The third-order valence-corrected chi connectivity index (χ3v) is 7.76. The minimum absolute atomic E-state index is 0.237. The van der Waals surface area contributed by atoms with Crippen LogP contribution in [0.4, 0.5) is 4.79 Å². The van der Waals surface area contributed by atoms with E-state index in [1.54, 1.807) is 0 Å². The minimum Gasteiger partial charge on any atom is -0.445 e. The molecule has 0 aliphatic rings. The lowest BCUT2D eigenvalue weighted by atomic mass is 10.2. The van der Waals surface area contributed by atoms with Gasteiger partial charge >= 0.3 is 6.09 Å². The van der Waals surface area contributed by atoms with Gasteiger partial charge in [-0.1, -0.05) is 65.8 Å². The van der Waals surface area contributed by atoms with Crippen molar-refractivity contribution in [3.63, 3.8) is 0 Å². The zero-order valence-corrected chi connectivity index (χ0v) is 34.6. The number of alkyl carbamates (subject to hydrolysis) is 1. The molecule has 1 aromatic rings. The maximum atomic E-state index is 11.7. The van der Waals surface area contributed by atoms with Crippen LogP contribution in [0.15, 0.2) is 30.3 Å². The molecule has 0 aromatic heterocycles. The molecule has 1 amide bonds. The molecule has 0 fully saturated rings. The predicted octanol–water partition coefficient (Wildman–Crippen LogP) is 4.11. The fourth-order valence-corrected chi connectivity index (χ4v) is 4.71. The Kier molecular flexibility index (Phi) is 41.8. The summed E-state index contributed by atoms with van der Waals surface area (Å²) < 4.78 is 72.3. The van der Waals surface area contributed by atoms with Crippen molar-refractivity contribution in [2.75, 3.05) is 170 Å². The number of hydrogen-bond donors (Lipinski definition) is 1. The van der Waals surface area contributed by atoms with Gasteiger partial charge < -0.3 is 66.9 Å². The van der Waals surface area contributed by atoms with Crippen LogP contribution in [0, 0.1) is 0 Å². The molecule has 0 aliphatic heterocycles. The summed E-state index contributed by atoms with van der Waals surface area (Å²) in [6.07, 6.45) is 4.49. The molecular formula is C38H68INO14. The Balaban J connectivity index is 1.62. The van der Waals surface area contributed by atoms with Gasteiger partial charge in [-0.2, -0.15) is 0 Å². The van der Waals surface area contributed by atoms with Gasteiger partial charge in [0.25, 0.3) is 0 Å². The smallest absolute Gasteiger partial charge is 0.407 e. The topological polar surface area (TPSA) is 149 Å². The standard InChI is InChI=1S/C38H68INO14/c39-10-6-1-2-7-12-42-14-16-44-18-20-46-22-24-48-26-28-50-30-32-52-34-35-53-33-31-51-29-27-49-25-23-47-21-19-45-17-15-43-13-11-40-38(41)54-36-37-8-4-3-5-9-37/h3-5,8-9H,1-2,6-7,10-36H2,(H,40,41). The number of hydrogen-bond acceptors (Lipinski definition) is 14. The van der Waals surface area contributed by atoms with Crippen molar-refractivity contribution in [3.8, 4) is 0 Å². The second kappa shape index (κ2) is 44.5. The molecule has 1 N–H and O–H groups in total. The van der Waals surface area contributed by atoms with E-state index in [1.165, 1.54) is 23.7 Å². The van der Waals surface area contributed by atoms with Crippen LogP contribution in [-0.4, -0.2) is 176 Å². The highest BCUT2D eigenvalue weighted by molar-refractivity contribution is 14.1. The second-order valence-corrected chi connectivity index (χ2v) is 12.5. The monoisotopic (exact) mass is 889 g/mol. The Bertz CT molecular complexity index is 880. The lowest BCUT2D eigenvalue weighted by Gasteiger charge is -2.09. The number of nitrogens with one attached hydrogen (secondary N) is 1. The molecule has 0 aliphatic carbocycles. The van der Waals surface area contributed by atoms with Gasteiger partial charge in [0.2, 0.25) is 0 Å². The summed E-state index contributed by atoms with van der Waals surface area (Å²) >= 11 is 2.42. The zero-order chi connectivity index (χ0) is 38.5. The summed E-state index contributed by atoms with van der Waals surface area (Å²) in [6.45, 7) is 13.0. The fourth-order valence-electron chi connectivity index (χ4n) is 4.17. The summed E-state index contributed by atoms with van der Waals surface area (Å²) in [5.74, 6) is 0. The molecule has 16 heteroatoms. The Labute approximate surface area is 337 Å². The van der Waals surface area contributed by atoms with Crippen LogP contribution in [0.1, 0.15) is 31.2 Å². The summed E-state index contributed by atoms with van der Waals surface area (Å²) in [6, 6.07) is 9.51. The van der Waals surface area contributed by atoms with E-state index in [1.807, 2.05) is 30.3 Å². The first-order valence-corrected chi connectivity index (χ1v) is 20.8. The molecule has 0 atom stereocenters. The third-order valence-electron chi connectivity index (χ3n) is 6.99. The number of halogens is 1. The largest absolute Gasteiger partial charge is 0.445 e. The molecule has 0 saturated carbocycles. The number of carbonyl (C=O) groups is 1. The van der Waals surface area contributed by atoms with E-state index >= 15 is 0 Å². The van der Waals surface area contributed by atoms with Gasteiger partial charge in [0.1, 0.15) is 6.61 Å². The van der Waals surface area contributed by atoms with E-state index in [0.29, 0.717) is 159 Å². The predicted molar refractivity (Wildman–Crippen MR) is 212 cm³/mol. The van der Waals surface area contributed by atoms with Crippen molar-refractivity contribution in [3.05, 3.63) is 35.9 Å². The van der Waals surface area contributed by atoms with Gasteiger partial charge in [0, 0.05) is 13.2 Å². The number of ether oxygens (including phenoxy) is 13. The van der Waals surface area contributed by atoms with E-state index in [2.05, 4.69) is 27.9 Å². The first-order valence-electron chi connectivity index (χ1n) is 19.3. The first kappa shape index (κ1) is 50.8. The van der Waals surface area contributed by atoms with Gasteiger partial charge in [0.15, 0.2) is 0 Å². The van der Waals surface area contributed by atoms with Gasteiger partial charge in [-0.15, -0.1) is 0 Å². The Morgan fingerprint density at radius 2 is 0.722 bits per heavy atom. The number of carbonyl (C=O) groups excluding carboxylic acids is 1. The van der Waals surface area contributed by atoms with E-state index in [-0.39, 0.29) is 6.61 Å². The molecule has 15 nitrogen and oxygen atoms in total. The van der Waals surface area contributed by atoms with Crippen LogP contribution in [0.2, 0.25) is 0 Å². The normalized spacial score (nSPS) is 11.4.